The number of fused-ring (bicyclic) bond motifs is 3. The zero-order chi connectivity index (χ0) is 31.9. The van der Waals surface area contributed by atoms with Crippen molar-refractivity contribution in [3.05, 3.63) is 106 Å². The number of amides is 2. The number of carbonyl (C=O) groups excluding carboxylic acids is 2. The normalized spacial score (nSPS) is 15.5. The van der Waals surface area contributed by atoms with Crippen molar-refractivity contribution < 1.29 is 19.3 Å². The first-order valence-corrected chi connectivity index (χ1v) is 15.4. The first kappa shape index (κ1) is 32.0. The number of rotatable bonds is 11. The molecule has 1 radical (unpaired) electrons. The number of allylic oxidation sites excluding steroid dienone is 1. The van der Waals surface area contributed by atoms with E-state index in [2.05, 4.69) is 38.4 Å². The number of ether oxygens (including phenoxy) is 1. The highest BCUT2D eigenvalue weighted by Gasteiger charge is 2.33. The molecule has 45 heavy (non-hydrogen) atoms. The summed E-state index contributed by atoms with van der Waals surface area (Å²) in [5.41, 5.74) is 4.93. The molecule has 0 fully saturated rings. The van der Waals surface area contributed by atoms with Gasteiger partial charge in [0, 0.05) is 41.6 Å². The molecule has 231 valence electrons. The molecule has 0 aliphatic carbocycles. The van der Waals surface area contributed by atoms with Crippen LogP contribution in [0.25, 0.3) is 11.3 Å². The van der Waals surface area contributed by atoms with Gasteiger partial charge in [0.25, 0.3) is 5.91 Å². The fraction of sp³-hybridized carbons (Fsp3) is 0.294. The molecule has 0 saturated carbocycles. The molecule has 2 unspecified atom stereocenters. The van der Waals surface area contributed by atoms with Crippen molar-refractivity contribution in [3.63, 3.8) is 0 Å². The maximum absolute atomic E-state index is 13.4. The Morgan fingerprint density at radius 2 is 1.82 bits per heavy atom. The van der Waals surface area contributed by atoms with Gasteiger partial charge < -0.3 is 20.4 Å². The van der Waals surface area contributed by atoms with E-state index in [9.17, 15) is 14.6 Å². The van der Waals surface area contributed by atoms with E-state index in [4.69, 9.17) is 16.3 Å². The van der Waals surface area contributed by atoms with Crippen LogP contribution in [0, 0.1) is 12.8 Å². The van der Waals surface area contributed by atoms with Gasteiger partial charge in [-0.25, -0.2) is 0 Å². The van der Waals surface area contributed by atoms with Gasteiger partial charge in [-0.05, 0) is 73.2 Å². The minimum atomic E-state index is -0.235. The second kappa shape index (κ2) is 14.6. The first-order valence-electron chi connectivity index (χ1n) is 15.0. The van der Waals surface area contributed by atoms with Crippen molar-refractivity contribution in [3.8, 4) is 11.4 Å². The highest BCUT2D eigenvalue weighted by Crippen LogP contribution is 2.41. The summed E-state index contributed by atoms with van der Waals surface area (Å²) < 4.78 is 7.66. The Balaban J connectivity index is 1.36. The van der Waals surface area contributed by atoms with Crippen molar-refractivity contribution in [1.29, 1.82) is 0 Å². The van der Waals surface area contributed by atoms with Gasteiger partial charge in [-0.3, -0.25) is 14.2 Å². The highest BCUT2D eigenvalue weighted by molar-refractivity contribution is 6.45. The molecule has 0 bridgehead atoms. The van der Waals surface area contributed by atoms with Crippen LogP contribution in [0.2, 0.25) is 5.02 Å². The number of nitrogens with zero attached hydrogens (tertiary/aromatic N) is 3. The van der Waals surface area contributed by atoms with Gasteiger partial charge in [-0.2, -0.15) is 0 Å². The summed E-state index contributed by atoms with van der Waals surface area (Å²) in [7, 11) is 2.61. The summed E-state index contributed by atoms with van der Waals surface area (Å²) in [6.45, 7) is 4.84. The van der Waals surface area contributed by atoms with E-state index >= 15 is 0 Å². The van der Waals surface area contributed by atoms with Crippen LogP contribution in [0.1, 0.15) is 65.2 Å². The summed E-state index contributed by atoms with van der Waals surface area (Å²) in [6, 6.07) is 20.4. The number of aromatic nitrogens is 3. The first-order chi connectivity index (χ1) is 21.8. The smallest absolute Gasteiger partial charge is 0.326 e. The SMILES string of the molecule is CCC1C=C(c2ccc(Cl)cc2)c2cc(OC)ccc2-n2c(C)nnc2C1CC(=O)NCCCNC(=O)c1cccc([B]O)c1. The molecule has 2 atom stereocenters. The number of hydrogen-bond donors (Lipinski definition) is 3. The summed E-state index contributed by atoms with van der Waals surface area (Å²) in [6.07, 6.45) is 3.81. The van der Waals surface area contributed by atoms with Crippen LogP contribution < -0.4 is 20.8 Å². The van der Waals surface area contributed by atoms with Gasteiger partial charge in [0.05, 0.1) is 12.8 Å². The third kappa shape index (κ3) is 7.29. The lowest BCUT2D eigenvalue weighted by Gasteiger charge is -2.29. The lowest BCUT2D eigenvalue weighted by atomic mass is 9.81. The van der Waals surface area contributed by atoms with E-state index in [1.807, 2.05) is 49.4 Å². The van der Waals surface area contributed by atoms with Gasteiger partial charge >= 0.3 is 7.48 Å². The fourth-order valence-electron chi connectivity index (χ4n) is 5.76. The third-order valence-electron chi connectivity index (χ3n) is 8.10. The maximum Gasteiger partial charge on any atom is 0.326 e. The van der Waals surface area contributed by atoms with Gasteiger partial charge in [0.2, 0.25) is 5.91 Å². The molecule has 11 heteroatoms. The van der Waals surface area contributed by atoms with Crippen molar-refractivity contribution >= 4 is 41.9 Å². The van der Waals surface area contributed by atoms with Crippen molar-refractivity contribution in [1.82, 2.24) is 25.4 Å². The summed E-state index contributed by atoms with van der Waals surface area (Å²) in [5, 5.41) is 24.8. The second-order valence-corrected chi connectivity index (χ2v) is 11.4. The number of benzene rings is 3. The van der Waals surface area contributed by atoms with Crippen molar-refractivity contribution in [2.24, 2.45) is 5.92 Å². The van der Waals surface area contributed by atoms with Crippen LogP contribution >= 0.6 is 11.6 Å². The third-order valence-corrected chi connectivity index (χ3v) is 8.36. The standard InChI is InChI=1S/C34H36BClN5O4/c1-4-22-18-28(23-9-11-26(36)12-10-23)30-19-27(45-3)13-14-31(30)41-21(2)39-40-33(41)29(22)20-32(42)37-15-6-16-38-34(43)24-7-5-8-25(17-24)35-44/h5,7-14,17-19,22,29,44H,4,6,15-16,20H2,1-3H3,(H,37,42)(H,38,43). The minimum absolute atomic E-state index is 0.0191. The number of carbonyl (C=O) groups is 2. The summed E-state index contributed by atoms with van der Waals surface area (Å²) in [5.74, 6) is 1.62. The zero-order valence-electron chi connectivity index (χ0n) is 25.6. The Bertz CT molecular complexity index is 1710. The van der Waals surface area contributed by atoms with Crippen LogP contribution in [0.15, 0.2) is 72.8 Å². The number of aryl methyl sites for hydroxylation is 1. The zero-order valence-corrected chi connectivity index (χ0v) is 26.3. The maximum atomic E-state index is 13.4. The van der Waals surface area contributed by atoms with E-state index in [0.29, 0.717) is 35.6 Å². The lowest BCUT2D eigenvalue weighted by molar-refractivity contribution is -0.121. The molecule has 2 heterocycles. The van der Waals surface area contributed by atoms with Crippen LogP contribution in [0.3, 0.4) is 0 Å². The Morgan fingerprint density at radius 1 is 1.04 bits per heavy atom. The van der Waals surface area contributed by atoms with Crippen molar-refractivity contribution in [2.75, 3.05) is 20.2 Å². The van der Waals surface area contributed by atoms with Gasteiger partial charge in [0.1, 0.15) is 17.4 Å². The monoisotopic (exact) mass is 624 g/mol. The Hall–Kier alpha value is -4.41. The van der Waals surface area contributed by atoms with E-state index in [1.54, 1.807) is 31.4 Å². The Morgan fingerprint density at radius 3 is 2.56 bits per heavy atom. The molecule has 9 nitrogen and oxygen atoms in total. The van der Waals surface area contributed by atoms with E-state index < -0.39 is 0 Å². The average Bonchev–Trinajstić information content (AvgIpc) is 3.44. The van der Waals surface area contributed by atoms with Gasteiger partial charge in [-0.1, -0.05) is 60.4 Å². The largest absolute Gasteiger partial charge is 0.497 e. The molecular formula is C34H36BClN5O4. The molecule has 0 saturated heterocycles. The number of halogens is 1. The van der Waals surface area contributed by atoms with Crippen LogP contribution in [-0.4, -0.2) is 59.3 Å². The molecule has 0 spiro atoms. The van der Waals surface area contributed by atoms with E-state index in [1.165, 1.54) is 0 Å². The van der Waals surface area contributed by atoms with Crippen LogP contribution in [0.5, 0.6) is 5.75 Å². The molecule has 1 aromatic heterocycles. The number of methoxy groups -OCH3 is 1. The molecule has 5 rings (SSSR count). The molecule has 1 aliphatic rings. The summed E-state index contributed by atoms with van der Waals surface area (Å²) >= 11 is 6.25. The van der Waals surface area contributed by atoms with Crippen LogP contribution in [0.4, 0.5) is 0 Å². The minimum Gasteiger partial charge on any atom is -0.497 e. The molecular weight excluding hydrogens is 589 g/mol. The quantitative estimate of drug-likeness (QED) is 0.169. The van der Waals surface area contributed by atoms with Crippen LogP contribution in [-0.2, 0) is 4.79 Å². The molecule has 2 amide bonds. The molecule has 4 aromatic rings. The molecule has 3 aromatic carbocycles. The average molecular weight is 625 g/mol. The summed E-state index contributed by atoms with van der Waals surface area (Å²) in [4.78, 5) is 25.8. The van der Waals surface area contributed by atoms with Gasteiger partial charge in [-0.15, -0.1) is 10.2 Å². The second-order valence-electron chi connectivity index (χ2n) is 11.0. The topological polar surface area (TPSA) is 118 Å². The van der Waals surface area contributed by atoms with E-state index in [0.717, 1.165) is 53.7 Å². The van der Waals surface area contributed by atoms with E-state index in [-0.39, 0.29) is 30.1 Å². The number of hydrogen-bond acceptors (Lipinski definition) is 6. The fourth-order valence-corrected chi connectivity index (χ4v) is 5.89. The Labute approximate surface area is 268 Å². The lowest BCUT2D eigenvalue weighted by Crippen LogP contribution is -2.32. The number of nitrogens with one attached hydrogen (secondary N) is 2. The Kier molecular flexibility index (Phi) is 10.4. The predicted octanol–water partition coefficient (Wildman–Crippen LogP) is 4.36. The molecule has 3 N–H and O–H groups in total. The van der Waals surface area contributed by atoms with Gasteiger partial charge in [0.15, 0.2) is 0 Å². The molecule has 1 aliphatic heterocycles. The van der Waals surface area contributed by atoms with Crippen molar-refractivity contribution in [2.45, 2.75) is 39.0 Å². The highest BCUT2D eigenvalue weighted by atomic mass is 35.5. The predicted molar refractivity (Wildman–Crippen MR) is 176 cm³/mol.